The van der Waals surface area contributed by atoms with Crippen LogP contribution in [0.2, 0.25) is 0 Å². The maximum atomic E-state index is 10.9. The molecule has 0 amide bonds. The molecule has 1 saturated heterocycles. The van der Waals surface area contributed by atoms with Gasteiger partial charge in [-0.15, -0.1) is 0 Å². The van der Waals surface area contributed by atoms with Gasteiger partial charge < -0.3 is 15.1 Å². The molecular weight excluding hydrogens is 238 g/mol. The third-order valence-electron chi connectivity index (χ3n) is 3.07. The second kappa shape index (κ2) is 7.31. The van der Waals surface area contributed by atoms with E-state index in [4.69, 9.17) is 0 Å². The fraction of sp³-hybridized carbons (Fsp3) is 1.00. The quantitative estimate of drug-likeness (QED) is 0.640. The number of sulfone groups is 1. The number of nitrogens with one attached hydrogen (secondary N) is 1. The van der Waals surface area contributed by atoms with Crippen molar-refractivity contribution in [2.45, 2.75) is 6.42 Å². The highest BCUT2D eigenvalue weighted by atomic mass is 32.2. The molecule has 0 aromatic carbocycles. The predicted octanol–water partition coefficient (Wildman–Crippen LogP) is -0.742. The zero-order chi connectivity index (χ0) is 12.7. The van der Waals surface area contributed by atoms with Gasteiger partial charge >= 0.3 is 0 Å². The standard InChI is InChI=1S/C11H25N3O2S/c1-13-6-3-7-14(10-9-13)8-4-12-5-11-17(2,15)16/h12H,3-11H2,1-2H3. The first-order chi connectivity index (χ1) is 7.97. The van der Waals surface area contributed by atoms with E-state index in [1.807, 2.05) is 0 Å². The minimum atomic E-state index is -2.83. The lowest BCUT2D eigenvalue weighted by atomic mass is 10.4. The molecule has 0 bridgehead atoms. The molecule has 17 heavy (non-hydrogen) atoms. The van der Waals surface area contributed by atoms with E-state index < -0.39 is 9.84 Å². The second-order valence-corrected chi connectivity index (χ2v) is 7.14. The van der Waals surface area contributed by atoms with Crippen LogP contribution in [0.3, 0.4) is 0 Å². The van der Waals surface area contributed by atoms with Crippen LogP contribution in [0.15, 0.2) is 0 Å². The molecule has 0 unspecified atom stereocenters. The van der Waals surface area contributed by atoms with Gasteiger partial charge in [0.25, 0.3) is 0 Å². The van der Waals surface area contributed by atoms with Gasteiger partial charge in [0.05, 0.1) is 5.75 Å². The first-order valence-electron chi connectivity index (χ1n) is 6.27. The fourth-order valence-corrected chi connectivity index (χ4v) is 2.46. The first kappa shape index (κ1) is 14.9. The molecule has 6 heteroatoms. The van der Waals surface area contributed by atoms with E-state index in [1.165, 1.54) is 19.2 Å². The normalized spacial score (nSPS) is 20.4. The molecule has 0 atom stereocenters. The fourth-order valence-electron chi connectivity index (χ4n) is 1.94. The predicted molar refractivity (Wildman–Crippen MR) is 71.1 cm³/mol. The highest BCUT2D eigenvalue weighted by Gasteiger charge is 2.11. The summed E-state index contributed by atoms with van der Waals surface area (Å²) in [6, 6.07) is 0. The maximum Gasteiger partial charge on any atom is 0.148 e. The topological polar surface area (TPSA) is 52.6 Å². The highest BCUT2D eigenvalue weighted by molar-refractivity contribution is 7.90. The Morgan fingerprint density at radius 2 is 1.88 bits per heavy atom. The maximum absolute atomic E-state index is 10.9. The molecule has 1 aliphatic heterocycles. The number of likely N-dealkylation sites (N-methyl/N-ethyl adjacent to an activating group) is 1. The summed E-state index contributed by atoms with van der Waals surface area (Å²) in [7, 11) is -0.665. The average molecular weight is 263 g/mol. The van der Waals surface area contributed by atoms with Crippen LogP contribution in [0.4, 0.5) is 0 Å². The number of nitrogens with zero attached hydrogens (tertiary/aromatic N) is 2. The summed E-state index contributed by atoms with van der Waals surface area (Å²) in [6.45, 7) is 7.02. The molecule has 5 nitrogen and oxygen atoms in total. The van der Waals surface area contributed by atoms with Gasteiger partial charge in [0.2, 0.25) is 0 Å². The zero-order valence-electron chi connectivity index (χ0n) is 11.0. The van der Waals surface area contributed by atoms with Crippen molar-refractivity contribution in [1.82, 2.24) is 15.1 Å². The van der Waals surface area contributed by atoms with Crippen LogP contribution in [-0.2, 0) is 9.84 Å². The van der Waals surface area contributed by atoms with Crippen molar-refractivity contribution in [2.75, 3.05) is 64.9 Å². The van der Waals surface area contributed by atoms with Crippen LogP contribution in [-0.4, -0.2) is 83.1 Å². The molecule has 0 spiro atoms. The number of hydrogen-bond donors (Lipinski definition) is 1. The Labute approximate surface area is 105 Å². The van der Waals surface area contributed by atoms with Crippen molar-refractivity contribution in [3.63, 3.8) is 0 Å². The van der Waals surface area contributed by atoms with E-state index in [2.05, 4.69) is 22.2 Å². The van der Waals surface area contributed by atoms with Crippen molar-refractivity contribution in [3.05, 3.63) is 0 Å². The molecule has 1 rings (SSSR count). The smallest absolute Gasteiger partial charge is 0.148 e. The van der Waals surface area contributed by atoms with Crippen LogP contribution in [0.5, 0.6) is 0 Å². The molecule has 102 valence electrons. The largest absolute Gasteiger partial charge is 0.314 e. The van der Waals surface area contributed by atoms with E-state index >= 15 is 0 Å². The lowest BCUT2D eigenvalue weighted by Gasteiger charge is -2.20. The van der Waals surface area contributed by atoms with E-state index in [1.54, 1.807) is 0 Å². The van der Waals surface area contributed by atoms with E-state index in [9.17, 15) is 8.42 Å². The Hall–Kier alpha value is -0.170. The summed E-state index contributed by atoms with van der Waals surface area (Å²) in [5.41, 5.74) is 0. The Morgan fingerprint density at radius 3 is 2.59 bits per heavy atom. The SMILES string of the molecule is CN1CCCN(CCNCCS(C)(=O)=O)CC1. The first-order valence-corrected chi connectivity index (χ1v) is 8.33. The molecular formula is C11H25N3O2S. The second-order valence-electron chi connectivity index (χ2n) is 4.88. The van der Waals surface area contributed by atoms with Crippen LogP contribution in [0.25, 0.3) is 0 Å². The average Bonchev–Trinajstić information content (AvgIpc) is 2.41. The molecule has 0 radical (unpaired) electrons. The summed E-state index contributed by atoms with van der Waals surface area (Å²) < 4.78 is 21.8. The third kappa shape index (κ3) is 7.70. The Morgan fingerprint density at radius 1 is 1.12 bits per heavy atom. The molecule has 0 aromatic rings. The lowest BCUT2D eigenvalue weighted by Crippen LogP contribution is -2.36. The third-order valence-corrected chi connectivity index (χ3v) is 4.01. The van der Waals surface area contributed by atoms with Crippen LogP contribution in [0.1, 0.15) is 6.42 Å². The molecule has 1 fully saturated rings. The number of rotatable bonds is 6. The monoisotopic (exact) mass is 263 g/mol. The van der Waals surface area contributed by atoms with Gasteiger partial charge in [0.15, 0.2) is 0 Å². The number of hydrogen-bond acceptors (Lipinski definition) is 5. The summed E-state index contributed by atoms with van der Waals surface area (Å²) in [5, 5.41) is 3.19. The van der Waals surface area contributed by atoms with Gasteiger partial charge in [-0.1, -0.05) is 0 Å². The lowest BCUT2D eigenvalue weighted by molar-refractivity contribution is 0.276. The molecule has 0 aliphatic carbocycles. The van der Waals surface area contributed by atoms with Gasteiger partial charge in [0.1, 0.15) is 9.84 Å². The van der Waals surface area contributed by atoms with Crippen molar-refractivity contribution in [3.8, 4) is 0 Å². The minimum absolute atomic E-state index is 0.232. The van der Waals surface area contributed by atoms with Crippen molar-refractivity contribution in [1.29, 1.82) is 0 Å². The van der Waals surface area contributed by atoms with Gasteiger partial charge in [0, 0.05) is 39.0 Å². The molecule has 1 N–H and O–H groups in total. The Balaban J connectivity index is 2.06. The van der Waals surface area contributed by atoms with Gasteiger partial charge in [-0.3, -0.25) is 0 Å². The molecule has 1 aliphatic rings. The molecule has 0 saturated carbocycles. The van der Waals surface area contributed by atoms with E-state index in [0.29, 0.717) is 6.54 Å². The molecule has 0 aromatic heterocycles. The zero-order valence-corrected chi connectivity index (χ0v) is 11.8. The minimum Gasteiger partial charge on any atom is -0.314 e. The van der Waals surface area contributed by atoms with Crippen molar-refractivity contribution in [2.24, 2.45) is 0 Å². The van der Waals surface area contributed by atoms with Crippen LogP contribution in [0, 0.1) is 0 Å². The Kier molecular flexibility index (Phi) is 6.40. The van der Waals surface area contributed by atoms with Gasteiger partial charge in [-0.05, 0) is 26.6 Å². The van der Waals surface area contributed by atoms with Crippen molar-refractivity contribution >= 4 is 9.84 Å². The summed E-state index contributed by atoms with van der Waals surface area (Å²) >= 11 is 0. The van der Waals surface area contributed by atoms with Gasteiger partial charge in [-0.2, -0.15) is 0 Å². The van der Waals surface area contributed by atoms with E-state index in [-0.39, 0.29) is 5.75 Å². The summed E-state index contributed by atoms with van der Waals surface area (Å²) in [4.78, 5) is 4.80. The summed E-state index contributed by atoms with van der Waals surface area (Å²) in [6.07, 6.45) is 2.50. The van der Waals surface area contributed by atoms with E-state index in [0.717, 1.165) is 32.7 Å². The van der Waals surface area contributed by atoms with Crippen LogP contribution < -0.4 is 5.32 Å². The van der Waals surface area contributed by atoms with Crippen molar-refractivity contribution < 1.29 is 8.42 Å². The summed E-state index contributed by atoms with van der Waals surface area (Å²) in [5.74, 6) is 0.232. The van der Waals surface area contributed by atoms with Gasteiger partial charge in [-0.25, -0.2) is 8.42 Å². The highest BCUT2D eigenvalue weighted by Crippen LogP contribution is 1.99. The van der Waals surface area contributed by atoms with Crippen LogP contribution >= 0.6 is 0 Å². The Bertz CT molecular complexity index is 306. The molecule has 1 heterocycles.